The Morgan fingerprint density at radius 1 is 1.23 bits per heavy atom. The van der Waals surface area contributed by atoms with Gasteiger partial charge in [-0.2, -0.15) is 5.43 Å². The third-order valence-electron chi connectivity index (χ3n) is 3.79. The van der Waals surface area contributed by atoms with Crippen molar-refractivity contribution in [1.82, 2.24) is 15.8 Å². The Hall–Kier alpha value is -2.48. The van der Waals surface area contributed by atoms with E-state index in [1.165, 1.54) is 24.3 Å². The van der Waals surface area contributed by atoms with Crippen LogP contribution in [0.5, 0.6) is 0 Å². The fourth-order valence-electron chi connectivity index (χ4n) is 2.48. The minimum atomic E-state index is -0.333. The van der Waals surface area contributed by atoms with Crippen LogP contribution in [0.3, 0.4) is 0 Å². The molecule has 1 fully saturated rings. The number of carbonyl (C=O) groups excluding carboxylic acids is 1. The van der Waals surface area contributed by atoms with Crippen molar-refractivity contribution in [2.24, 2.45) is 4.99 Å². The summed E-state index contributed by atoms with van der Waals surface area (Å²) in [7, 11) is 1.45. The molecule has 0 aliphatic carbocycles. The molecule has 2 aromatic carbocycles. The van der Waals surface area contributed by atoms with Crippen molar-refractivity contribution in [1.29, 1.82) is 0 Å². The van der Waals surface area contributed by atoms with Crippen LogP contribution in [0.25, 0.3) is 0 Å². The van der Waals surface area contributed by atoms with Crippen molar-refractivity contribution < 1.29 is 13.9 Å². The molecule has 2 aromatic rings. The summed E-state index contributed by atoms with van der Waals surface area (Å²) >= 11 is 5.92. The highest BCUT2D eigenvalue weighted by molar-refractivity contribution is 6.30. The van der Waals surface area contributed by atoms with Crippen molar-refractivity contribution in [2.75, 3.05) is 13.7 Å². The number of methoxy groups -OCH3 is 1. The van der Waals surface area contributed by atoms with Gasteiger partial charge in [-0.3, -0.25) is 4.79 Å². The molecule has 1 heterocycles. The van der Waals surface area contributed by atoms with Crippen LogP contribution in [0.4, 0.5) is 4.39 Å². The molecule has 0 spiro atoms. The molecule has 1 amide bonds. The molecule has 0 radical (unpaired) electrons. The minimum Gasteiger partial charge on any atom is -0.375 e. The molecule has 8 heteroatoms. The number of carbonyl (C=O) groups is 1. The van der Waals surface area contributed by atoms with E-state index < -0.39 is 0 Å². The number of benzene rings is 2. The van der Waals surface area contributed by atoms with E-state index in [0.717, 1.165) is 11.1 Å². The Morgan fingerprint density at radius 3 is 2.58 bits per heavy atom. The highest BCUT2D eigenvalue weighted by Gasteiger charge is 2.31. The van der Waals surface area contributed by atoms with Gasteiger partial charge < -0.3 is 10.1 Å². The molecule has 1 atom stereocenters. The van der Waals surface area contributed by atoms with Crippen molar-refractivity contribution in [3.63, 3.8) is 0 Å². The van der Waals surface area contributed by atoms with Crippen LogP contribution in [0, 0.1) is 5.82 Å². The van der Waals surface area contributed by atoms with Gasteiger partial charge in [0.2, 0.25) is 5.96 Å². The first-order valence-electron chi connectivity index (χ1n) is 7.96. The summed E-state index contributed by atoms with van der Waals surface area (Å²) in [4.78, 5) is 16.7. The monoisotopic (exact) mass is 376 g/mol. The number of ether oxygens (including phenoxy) is 1. The number of aliphatic imine (C=N–C) groups is 1. The normalized spacial score (nSPS) is 18.2. The van der Waals surface area contributed by atoms with Gasteiger partial charge in [0.05, 0.1) is 6.54 Å². The zero-order valence-electron chi connectivity index (χ0n) is 14.1. The van der Waals surface area contributed by atoms with Gasteiger partial charge in [-0.15, -0.1) is 0 Å². The topological polar surface area (TPSA) is 66.0 Å². The lowest BCUT2D eigenvalue weighted by Crippen LogP contribution is -2.43. The van der Waals surface area contributed by atoms with E-state index in [9.17, 15) is 9.18 Å². The fraction of sp³-hybridized carbons (Fsp3) is 0.222. The number of hydrazine groups is 1. The third kappa shape index (κ3) is 4.37. The maximum absolute atomic E-state index is 13.0. The lowest BCUT2D eigenvalue weighted by molar-refractivity contribution is -0.133. The zero-order chi connectivity index (χ0) is 18.5. The Balaban J connectivity index is 1.79. The molecule has 26 heavy (non-hydrogen) atoms. The molecule has 1 saturated heterocycles. The van der Waals surface area contributed by atoms with Crippen LogP contribution in [0.1, 0.15) is 17.3 Å². The first-order chi connectivity index (χ1) is 12.6. The van der Waals surface area contributed by atoms with E-state index in [1.807, 2.05) is 12.1 Å². The average molecular weight is 377 g/mol. The number of guanidine groups is 1. The first kappa shape index (κ1) is 18.3. The van der Waals surface area contributed by atoms with Crippen LogP contribution in [0.15, 0.2) is 53.5 Å². The van der Waals surface area contributed by atoms with Crippen molar-refractivity contribution in [3.8, 4) is 0 Å². The van der Waals surface area contributed by atoms with E-state index in [0.29, 0.717) is 17.5 Å². The Bertz CT molecular complexity index is 796. The predicted octanol–water partition coefficient (Wildman–Crippen LogP) is 2.62. The fourth-order valence-corrected chi connectivity index (χ4v) is 2.61. The van der Waals surface area contributed by atoms with E-state index in [4.69, 9.17) is 16.3 Å². The van der Waals surface area contributed by atoms with Crippen molar-refractivity contribution in [2.45, 2.75) is 12.7 Å². The summed E-state index contributed by atoms with van der Waals surface area (Å²) in [6.45, 7) is 0.214. The lowest BCUT2D eigenvalue weighted by Gasteiger charge is -2.15. The van der Waals surface area contributed by atoms with E-state index >= 15 is 0 Å². The Labute approximate surface area is 155 Å². The average Bonchev–Trinajstić information content (AvgIpc) is 3.06. The minimum absolute atomic E-state index is 0.0857. The van der Waals surface area contributed by atoms with Gasteiger partial charge in [-0.05, 0) is 35.4 Å². The predicted molar refractivity (Wildman–Crippen MR) is 96.7 cm³/mol. The van der Waals surface area contributed by atoms with Crippen LogP contribution < -0.4 is 10.7 Å². The number of hydrogen-bond acceptors (Lipinski definition) is 4. The van der Waals surface area contributed by atoms with Gasteiger partial charge in [0.1, 0.15) is 18.6 Å². The summed E-state index contributed by atoms with van der Waals surface area (Å²) in [6.07, 6.45) is -0.333. The molecule has 3 rings (SSSR count). The second kappa shape index (κ2) is 8.27. The summed E-state index contributed by atoms with van der Waals surface area (Å²) in [5.41, 5.74) is 4.79. The summed E-state index contributed by atoms with van der Waals surface area (Å²) < 4.78 is 17.9. The molecule has 136 valence electrons. The molecule has 0 bridgehead atoms. The molecule has 1 unspecified atom stereocenters. The first-order valence-corrected chi connectivity index (χ1v) is 8.33. The van der Waals surface area contributed by atoms with Gasteiger partial charge >= 0.3 is 0 Å². The van der Waals surface area contributed by atoms with Gasteiger partial charge in [0.25, 0.3) is 5.91 Å². The molecular formula is C18H18ClFN4O2. The summed E-state index contributed by atoms with van der Waals surface area (Å²) in [6, 6.07) is 13.3. The zero-order valence-corrected chi connectivity index (χ0v) is 14.8. The van der Waals surface area contributed by atoms with Crippen molar-refractivity contribution >= 4 is 23.5 Å². The molecule has 0 saturated carbocycles. The lowest BCUT2D eigenvalue weighted by atomic mass is 10.2. The molecule has 6 nitrogen and oxygen atoms in total. The van der Waals surface area contributed by atoms with Crippen LogP contribution in [-0.4, -0.2) is 30.6 Å². The Morgan fingerprint density at radius 2 is 1.92 bits per heavy atom. The highest BCUT2D eigenvalue weighted by Crippen LogP contribution is 2.19. The number of nitrogens with one attached hydrogen (secondary N) is 2. The molecule has 0 aromatic heterocycles. The largest absolute Gasteiger partial charge is 0.375 e. The van der Waals surface area contributed by atoms with E-state index in [1.54, 1.807) is 24.3 Å². The van der Waals surface area contributed by atoms with Gasteiger partial charge in [0, 0.05) is 12.1 Å². The second-order valence-electron chi connectivity index (χ2n) is 5.69. The molecule has 1 aliphatic heterocycles. The second-order valence-corrected chi connectivity index (χ2v) is 6.12. The number of amides is 1. The van der Waals surface area contributed by atoms with Crippen LogP contribution >= 0.6 is 11.6 Å². The number of rotatable bonds is 5. The van der Waals surface area contributed by atoms with Gasteiger partial charge in [0.15, 0.2) is 0 Å². The third-order valence-corrected chi connectivity index (χ3v) is 4.04. The smallest absolute Gasteiger partial charge is 0.269 e. The summed E-state index contributed by atoms with van der Waals surface area (Å²) in [5.74, 6) is -0.215. The maximum Gasteiger partial charge on any atom is 0.269 e. The Kier molecular flexibility index (Phi) is 5.82. The number of hydrogen-bond donors (Lipinski definition) is 2. The molecule has 1 aliphatic rings. The quantitative estimate of drug-likeness (QED) is 0.842. The van der Waals surface area contributed by atoms with Gasteiger partial charge in [-0.25, -0.2) is 14.4 Å². The van der Waals surface area contributed by atoms with Gasteiger partial charge in [-0.1, -0.05) is 35.9 Å². The van der Waals surface area contributed by atoms with E-state index in [-0.39, 0.29) is 24.5 Å². The van der Waals surface area contributed by atoms with Crippen LogP contribution in [0.2, 0.25) is 5.02 Å². The molecular weight excluding hydrogens is 359 g/mol. The SMILES string of the molecule is COCC(=O)N1NC(c2ccc(Cl)cc2)NC1=NCc1ccc(F)cc1. The number of halogens is 2. The maximum atomic E-state index is 13.0. The highest BCUT2D eigenvalue weighted by atomic mass is 35.5. The van der Waals surface area contributed by atoms with Crippen LogP contribution in [-0.2, 0) is 16.1 Å². The number of nitrogens with zero attached hydrogens (tertiary/aromatic N) is 2. The standard InChI is InChI=1S/C18H18ClFN4O2/c1-26-11-16(25)24-18(21-10-12-2-8-15(20)9-3-12)22-17(23-24)13-4-6-14(19)7-5-13/h2-9,17,23H,10-11H2,1H3,(H,21,22). The van der Waals surface area contributed by atoms with Crippen molar-refractivity contribution in [3.05, 3.63) is 70.5 Å². The van der Waals surface area contributed by atoms with E-state index in [2.05, 4.69) is 15.7 Å². The molecule has 2 N–H and O–H groups in total. The summed E-state index contributed by atoms with van der Waals surface area (Å²) in [5, 5.41) is 5.12.